The lowest BCUT2D eigenvalue weighted by Gasteiger charge is -2.44. The van der Waals surface area contributed by atoms with Crippen molar-refractivity contribution >= 4 is 29.3 Å². The molecule has 3 saturated heterocycles. The summed E-state index contributed by atoms with van der Waals surface area (Å²) in [5.74, 6) is -2.45. The Hall–Kier alpha value is -1.56. The molecule has 38 heavy (non-hydrogen) atoms. The van der Waals surface area contributed by atoms with Crippen LogP contribution in [0.25, 0.3) is 4.85 Å². The Labute approximate surface area is 229 Å². The maximum Gasteiger partial charge on any atom is 0.437 e. The third kappa shape index (κ3) is 5.53. The van der Waals surface area contributed by atoms with Crippen molar-refractivity contribution in [1.29, 1.82) is 0 Å². The molecule has 0 radical (unpaired) electrons. The second-order valence-corrected chi connectivity index (χ2v) is 11.7. The molecular weight excluding hydrogens is 544 g/mol. The van der Waals surface area contributed by atoms with Crippen molar-refractivity contribution < 1.29 is 38.4 Å². The Morgan fingerprint density at radius 2 is 1.95 bits per heavy atom. The lowest BCUT2D eigenvalue weighted by molar-refractivity contribution is -0.205. The molecule has 210 valence electrons. The average molecular weight is 577 g/mol. The number of nitrogens with one attached hydrogen (secondary N) is 2. The van der Waals surface area contributed by atoms with Gasteiger partial charge in [0.1, 0.15) is 41.5 Å². The van der Waals surface area contributed by atoms with E-state index in [1.54, 1.807) is 13.2 Å². The number of nitrogens with zero attached hydrogens (tertiary/aromatic N) is 1. The molecule has 13 heteroatoms. The smallest absolute Gasteiger partial charge is 0.388 e. The van der Waals surface area contributed by atoms with Gasteiger partial charge < -0.3 is 30.1 Å². The zero-order chi connectivity index (χ0) is 27.8. The molecule has 0 saturated carbocycles. The summed E-state index contributed by atoms with van der Waals surface area (Å²) in [6.07, 6.45) is -3.67. The van der Waals surface area contributed by atoms with Gasteiger partial charge in [0.15, 0.2) is 6.10 Å². The van der Waals surface area contributed by atoms with Gasteiger partial charge in [-0.3, -0.25) is 4.79 Å². The van der Waals surface area contributed by atoms with Gasteiger partial charge in [-0.25, -0.2) is 14.1 Å². The summed E-state index contributed by atoms with van der Waals surface area (Å²) in [6, 6.07) is 2.43. The predicted octanol–water partition coefficient (Wildman–Crippen LogP) is 1.39. The molecule has 3 aliphatic rings. The summed E-state index contributed by atoms with van der Waals surface area (Å²) in [5.41, 5.74) is -2.04. The first-order valence-corrected chi connectivity index (χ1v) is 14.2. The average Bonchev–Trinajstić information content (AvgIpc) is 3.08. The predicted molar refractivity (Wildman–Crippen MR) is 138 cm³/mol. The number of amides is 1. The second-order valence-electron chi connectivity index (χ2n) is 10.1. The number of rotatable bonds is 6. The molecule has 3 heterocycles. The molecule has 1 aromatic carbocycles. The van der Waals surface area contributed by atoms with Crippen molar-refractivity contribution in [3.05, 3.63) is 40.2 Å². The molecule has 5 N–H and O–H groups in total. The van der Waals surface area contributed by atoms with Crippen LogP contribution in [0.4, 0.5) is 8.78 Å². The highest BCUT2D eigenvalue weighted by molar-refractivity contribution is 7.99. The highest BCUT2D eigenvalue weighted by Gasteiger charge is 2.65. The van der Waals surface area contributed by atoms with E-state index in [0.29, 0.717) is 24.9 Å². The Morgan fingerprint density at radius 1 is 1.26 bits per heavy atom. The van der Waals surface area contributed by atoms with Crippen molar-refractivity contribution in [1.82, 2.24) is 10.6 Å². The zero-order valence-corrected chi connectivity index (χ0v) is 22.5. The van der Waals surface area contributed by atoms with Crippen molar-refractivity contribution in [2.45, 2.75) is 78.7 Å². The van der Waals surface area contributed by atoms with Gasteiger partial charge in [-0.2, -0.15) is 0 Å². The van der Waals surface area contributed by atoms with E-state index in [1.807, 2.05) is 0 Å². The number of aliphatic hydroxyl groups is 3. The molecule has 0 bridgehead atoms. The molecule has 3 fully saturated rings. The van der Waals surface area contributed by atoms with Crippen LogP contribution < -0.4 is 10.6 Å². The quantitative estimate of drug-likeness (QED) is 0.322. The maximum absolute atomic E-state index is 13.9. The number of carbonyl (C=O) groups is 1. The van der Waals surface area contributed by atoms with Crippen LogP contribution in [0.2, 0.25) is 0 Å². The fraction of sp³-hybridized carbons (Fsp3) is 0.680. The molecule has 0 aliphatic carbocycles. The van der Waals surface area contributed by atoms with Crippen molar-refractivity contribution in [3.8, 4) is 6.57 Å². The van der Waals surface area contributed by atoms with E-state index in [1.165, 1.54) is 12.1 Å². The first kappa shape index (κ1) is 29.4. The summed E-state index contributed by atoms with van der Waals surface area (Å²) in [6.45, 7) is 7.89. The third-order valence-electron chi connectivity index (χ3n) is 7.72. The van der Waals surface area contributed by atoms with E-state index in [9.17, 15) is 28.9 Å². The van der Waals surface area contributed by atoms with E-state index in [4.69, 9.17) is 27.6 Å². The Kier molecular flexibility index (Phi) is 9.21. The molecule has 3 unspecified atom stereocenters. The summed E-state index contributed by atoms with van der Waals surface area (Å²) in [7, 11) is 0. The SMILES string of the molecule is C#[N+][C@]1(C(=O)N[C@H]([C@H](C)Cl)[C@H]2OC(SC)[C@H](O)C(O)C2O)NC[C@@H]2C[C@@H](c3cc(F)cc(F)c3)CCO[C@H]21. The molecular formula is C25H33ClF2N3O6S+. The summed E-state index contributed by atoms with van der Waals surface area (Å²) >= 11 is 7.54. The van der Waals surface area contributed by atoms with Crippen LogP contribution in [0.5, 0.6) is 0 Å². The number of thioether (sulfide) groups is 1. The molecule has 0 spiro atoms. The minimum absolute atomic E-state index is 0.202. The number of fused-ring (bicyclic) bond motifs is 1. The van der Waals surface area contributed by atoms with Gasteiger partial charge in [-0.1, -0.05) is 0 Å². The number of benzene rings is 1. The van der Waals surface area contributed by atoms with Gasteiger partial charge in [0.05, 0.1) is 11.4 Å². The third-order valence-corrected chi connectivity index (χ3v) is 8.84. The van der Waals surface area contributed by atoms with E-state index in [-0.39, 0.29) is 18.4 Å². The van der Waals surface area contributed by atoms with E-state index in [2.05, 4.69) is 15.5 Å². The van der Waals surface area contributed by atoms with Crippen LogP contribution in [0.1, 0.15) is 31.2 Å². The minimum atomic E-state index is -1.70. The molecule has 9 nitrogen and oxygen atoms in total. The van der Waals surface area contributed by atoms with Gasteiger partial charge in [-0.15, -0.1) is 23.4 Å². The normalized spacial score (nSPS) is 38.9. The molecule has 11 atom stereocenters. The van der Waals surface area contributed by atoms with Gasteiger partial charge >= 0.3 is 11.6 Å². The fourth-order valence-corrected chi connectivity index (χ4v) is 6.59. The lowest BCUT2D eigenvalue weighted by Crippen LogP contribution is -2.67. The molecule has 1 amide bonds. The van der Waals surface area contributed by atoms with Crippen LogP contribution >= 0.6 is 23.4 Å². The van der Waals surface area contributed by atoms with Crippen LogP contribution in [0.3, 0.4) is 0 Å². The largest absolute Gasteiger partial charge is 0.437 e. The maximum atomic E-state index is 13.9. The Bertz CT molecular complexity index is 1040. The van der Waals surface area contributed by atoms with Crippen molar-refractivity contribution in [3.63, 3.8) is 0 Å². The van der Waals surface area contributed by atoms with E-state index in [0.717, 1.165) is 17.8 Å². The first-order valence-electron chi connectivity index (χ1n) is 12.4. The number of carbonyl (C=O) groups excluding carboxylic acids is 1. The number of hydrogen-bond donors (Lipinski definition) is 5. The topological polar surface area (TPSA) is 125 Å². The Balaban J connectivity index is 1.54. The standard InChI is InChI=1S/C25H32ClF2N3O6S/c1-11(26)17(21-19(33)18(32)20(34)23(37-21)38-3)31-24(35)25(29-2)22-14(10-30-25)6-12(4-5-36-22)13-7-15(27)9-16(28)8-13/h2,7-9,11-12,14,17-23,30,32-34H,4-6,10H2,1,3H3/p+1/t11-,12-,14-,17+,18?,19?,20+,21+,22+,23?,25-/m0/s1. The summed E-state index contributed by atoms with van der Waals surface area (Å²) in [5, 5.41) is 36.3. The number of halogens is 3. The fourth-order valence-electron chi connectivity index (χ4n) is 5.71. The van der Waals surface area contributed by atoms with Gasteiger partial charge in [0.2, 0.25) is 0 Å². The minimum Gasteiger partial charge on any atom is -0.388 e. The van der Waals surface area contributed by atoms with Crippen LogP contribution in [0, 0.1) is 24.1 Å². The van der Waals surface area contributed by atoms with Gasteiger partial charge in [-0.05, 0) is 54.5 Å². The number of aliphatic hydroxyl groups excluding tert-OH is 3. The molecule has 1 aromatic rings. The first-order chi connectivity index (χ1) is 18.0. The van der Waals surface area contributed by atoms with Crippen LogP contribution in [-0.2, 0) is 14.3 Å². The van der Waals surface area contributed by atoms with Gasteiger partial charge in [0.25, 0.3) is 6.57 Å². The molecule has 4 rings (SSSR count). The summed E-state index contributed by atoms with van der Waals surface area (Å²) in [4.78, 5) is 17.6. The van der Waals surface area contributed by atoms with Crippen LogP contribution in [0.15, 0.2) is 18.2 Å². The van der Waals surface area contributed by atoms with E-state index < -0.39 is 70.6 Å². The summed E-state index contributed by atoms with van der Waals surface area (Å²) < 4.78 is 39.6. The molecule has 0 aromatic heterocycles. The van der Waals surface area contributed by atoms with Crippen LogP contribution in [-0.4, -0.2) is 93.7 Å². The highest BCUT2D eigenvalue weighted by Crippen LogP contribution is 2.41. The van der Waals surface area contributed by atoms with E-state index >= 15 is 0 Å². The second kappa shape index (κ2) is 11.9. The van der Waals surface area contributed by atoms with Crippen molar-refractivity contribution in [2.24, 2.45) is 5.92 Å². The van der Waals surface area contributed by atoms with Crippen molar-refractivity contribution in [2.75, 3.05) is 19.4 Å². The number of hydrogen-bond acceptors (Lipinski definition) is 8. The number of ether oxygens (including phenoxy) is 2. The molecule has 3 aliphatic heterocycles. The lowest BCUT2D eigenvalue weighted by atomic mass is 9.84. The van der Waals surface area contributed by atoms with Gasteiger partial charge in [0, 0.05) is 25.1 Å². The zero-order valence-electron chi connectivity index (χ0n) is 21.0. The monoisotopic (exact) mass is 576 g/mol. The Morgan fingerprint density at radius 3 is 2.55 bits per heavy atom. The number of alkyl halides is 1. The highest BCUT2D eigenvalue weighted by atomic mass is 35.5.